The number of pyridine rings is 1. The third-order valence-corrected chi connectivity index (χ3v) is 3.10. The molecular weight excluding hydrogens is 224 g/mol. The summed E-state index contributed by atoms with van der Waals surface area (Å²) < 4.78 is 5.89. The van der Waals surface area contributed by atoms with Crippen LogP contribution in [0.5, 0.6) is 5.75 Å². The summed E-state index contributed by atoms with van der Waals surface area (Å²) in [7, 11) is 0. The maximum atomic E-state index is 5.89. The van der Waals surface area contributed by atoms with E-state index in [1.807, 2.05) is 6.07 Å². The van der Waals surface area contributed by atoms with Gasteiger partial charge in [0.05, 0.1) is 0 Å². The van der Waals surface area contributed by atoms with Crippen LogP contribution >= 0.6 is 0 Å². The lowest BCUT2D eigenvalue weighted by Crippen LogP contribution is -2.01. The molecule has 0 amide bonds. The van der Waals surface area contributed by atoms with Crippen molar-refractivity contribution in [2.75, 3.05) is 5.73 Å². The average Bonchev–Trinajstić information content (AvgIpc) is 2.36. The molecule has 0 aliphatic carbocycles. The summed E-state index contributed by atoms with van der Waals surface area (Å²) >= 11 is 0. The van der Waals surface area contributed by atoms with Crippen molar-refractivity contribution in [2.24, 2.45) is 0 Å². The number of anilines is 1. The fraction of sp³-hybridized carbons (Fsp3) is 0.267. The molecule has 0 fully saturated rings. The Bertz CT molecular complexity index is 547. The zero-order valence-corrected chi connectivity index (χ0v) is 11.0. The molecule has 0 aliphatic rings. The van der Waals surface area contributed by atoms with Gasteiger partial charge in [0.15, 0.2) is 0 Å². The molecule has 1 aromatic heterocycles. The normalized spacial score (nSPS) is 10.4. The number of nitrogens with two attached hydrogens (primary N) is 1. The average molecular weight is 242 g/mol. The summed E-state index contributed by atoms with van der Waals surface area (Å²) in [6.45, 7) is 6.74. The van der Waals surface area contributed by atoms with Crippen molar-refractivity contribution in [3.8, 4) is 5.75 Å². The van der Waals surface area contributed by atoms with Crippen LogP contribution in [0.3, 0.4) is 0 Å². The van der Waals surface area contributed by atoms with Gasteiger partial charge in [0.2, 0.25) is 0 Å². The molecule has 2 N–H and O–H groups in total. The first-order chi connectivity index (χ1) is 8.58. The molecule has 0 saturated carbocycles. The van der Waals surface area contributed by atoms with E-state index in [2.05, 4.69) is 37.9 Å². The summed E-state index contributed by atoms with van der Waals surface area (Å²) in [5.74, 6) is 1.49. The van der Waals surface area contributed by atoms with E-state index < -0.39 is 0 Å². The van der Waals surface area contributed by atoms with Crippen molar-refractivity contribution in [3.63, 3.8) is 0 Å². The molecule has 0 saturated heterocycles. The summed E-state index contributed by atoms with van der Waals surface area (Å²) in [5, 5.41) is 0. The van der Waals surface area contributed by atoms with E-state index in [1.165, 1.54) is 11.1 Å². The van der Waals surface area contributed by atoms with Crippen LogP contribution in [0.25, 0.3) is 0 Å². The minimum Gasteiger partial charge on any atom is -0.488 e. The Balaban J connectivity index is 2.15. The van der Waals surface area contributed by atoms with Crippen LogP contribution in [0.4, 0.5) is 5.82 Å². The largest absolute Gasteiger partial charge is 0.488 e. The van der Waals surface area contributed by atoms with E-state index in [9.17, 15) is 0 Å². The van der Waals surface area contributed by atoms with Crippen LogP contribution in [0.2, 0.25) is 0 Å². The molecule has 1 aromatic carbocycles. The molecule has 0 aliphatic heterocycles. The molecule has 1 heterocycles. The minimum absolute atomic E-state index is 0.512. The van der Waals surface area contributed by atoms with Gasteiger partial charge < -0.3 is 10.5 Å². The number of hydrogen-bond acceptors (Lipinski definition) is 3. The highest BCUT2D eigenvalue weighted by atomic mass is 16.5. The van der Waals surface area contributed by atoms with E-state index in [0.29, 0.717) is 12.4 Å². The zero-order valence-electron chi connectivity index (χ0n) is 11.0. The zero-order chi connectivity index (χ0) is 13.1. The standard InChI is InChI=1S/C15H18N2O/c1-10-4-5-11(2)15(12(10)3)18-9-13-6-7-14(16)17-8-13/h4-8H,9H2,1-3H3,(H2,16,17). The Morgan fingerprint density at radius 3 is 2.44 bits per heavy atom. The highest BCUT2D eigenvalue weighted by molar-refractivity contribution is 5.44. The van der Waals surface area contributed by atoms with Crippen LogP contribution in [-0.2, 0) is 6.61 Å². The maximum absolute atomic E-state index is 5.89. The Kier molecular flexibility index (Phi) is 3.51. The highest BCUT2D eigenvalue weighted by Crippen LogP contribution is 2.26. The number of rotatable bonds is 3. The van der Waals surface area contributed by atoms with Crippen molar-refractivity contribution < 1.29 is 4.74 Å². The maximum Gasteiger partial charge on any atom is 0.125 e. The fourth-order valence-corrected chi connectivity index (χ4v) is 1.82. The molecule has 2 rings (SSSR count). The fourth-order valence-electron chi connectivity index (χ4n) is 1.82. The molecule has 0 unspecified atom stereocenters. The number of benzene rings is 1. The lowest BCUT2D eigenvalue weighted by atomic mass is 10.1. The molecule has 94 valence electrons. The van der Waals surface area contributed by atoms with Gasteiger partial charge in [-0.05, 0) is 43.5 Å². The number of hydrogen-bond donors (Lipinski definition) is 1. The van der Waals surface area contributed by atoms with Crippen LogP contribution in [0.1, 0.15) is 22.3 Å². The van der Waals surface area contributed by atoms with E-state index >= 15 is 0 Å². The van der Waals surface area contributed by atoms with E-state index in [1.54, 1.807) is 12.3 Å². The molecule has 0 bridgehead atoms. The second-order valence-electron chi connectivity index (χ2n) is 4.53. The Morgan fingerprint density at radius 2 is 1.78 bits per heavy atom. The molecule has 0 radical (unpaired) electrons. The third kappa shape index (κ3) is 2.62. The van der Waals surface area contributed by atoms with Gasteiger partial charge in [0, 0.05) is 11.8 Å². The van der Waals surface area contributed by atoms with Crippen molar-refractivity contribution in [2.45, 2.75) is 27.4 Å². The Morgan fingerprint density at radius 1 is 1.06 bits per heavy atom. The summed E-state index contributed by atoms with van der Waals surface area (Å²) in [6, 6.07) is 7.92. The quantitative estimate of drug-likeness (QED) is 0.899. The molecular formula is C15H18N2O. The van der Waals surface area contributed by atoms with Gasteiger partial charge in [-0.2, -0.15) is 0 Å². The summed E-state index contributed by atoms with van der Waals surface area (Å²) in [4.78, 5) is 4.05. The van der Waals surface area contributed by atoms with Crippen LogP contribution in [-0.4, -0.2) is 4.98 Å². The lowest BCUT2D eigenvalue weighted by Gasteiger charge is -2.13. The van der Waals surface area contributed by atoms with Crippen LogP contribution < -0.4 is 10.5 Å². The summed E-state index contributed by atoms with van der Waals surface area (Å²) in [5.41, 5.74) is 10.2. The topological polar surface area (TPSA) is 48.1 Å². The number of nitrogen functional groups attached to an aromatic ring is 1. The number of aromatic nitrogens is 1. The predicted molar refractivity (Wildman–Crippen MR) is 73.6 cm³/mol. The lowest BCUT2D eigenvalue weighted by molar-refractivity contribution is 0.301. The van der Waals surface area contributed by atoms with Gasteiger partial charge >= 0.3 is 0 Å². The predicted octanol–water partition coefficient (Wildman–Crippen LogP) is 3.17. The second kappa shape index (κ2) is 5.08. The van der Waals surface area contributed by atoms with Crippen molar-refractivity contribution in [1.82, 2.24) is 4.98 Å². The molecule has 3 nitrogen and oxygen atoms in total. The molecule has 0 spiro atoms. The number of ether oxygens (including phenoxy) is 1. The van der Waals surface area contributed by atoms with Crippen LogP contribution in [0, 0.1) is 20.8 Å². The van der Waals surface area contributed by atoms with Crippen LogP contribution in [0.15, 0.2) is 30.5 Å². The molecule has 0 atom stereocenters. The van der Waals surface area contributed by atoms with Gasteiger partial charge in [-0.3, -0.25) is 0 Å². The monoisotopic (exact) mass is 242 g/mol. The van der Waals surface area contributed by atoms with Crippen molar-refractivity contribution >= 4 is 5.82 Å². The first kappa shape index (κ1) is 12.4. The van der Waals surface area contributed by atoms with E-state index in [0.717, 1.165) is 16.9 Å². The highest BCUT2D eigenvalue weighted by Gasteiger charge is 2.06. The Hall–Kier alpha value is -2.03. The van der Waals surface area contributed by atoms with Crippen molar-refractivity contribution in [1.29, 1.82) is 0 Å². The molecule has 2 aromatic rings. The first-order valence-electron chi connectivity index (χ1n) is 5.98. The van der Waals surface area contributed by atoms with Gasteiger partial charge in [-0.1, -0.05) is 18.2 Å². The Labute approximate surface area is 108 Å². The molecule has 18 heavy (non-hydrogen) atoms. The van der Waals surface area contributed by atoms with Gasteiger partial charge in [-0.25, -0.2) is 4.98 Å². The smallest absolute Gasteiger partial charge is 0.125 e. The molecule has 3 heteroatoms. The second-order valence-corrected chi connectivity index (χ2v) is 4.53. The van der Waals surface area contributed by atoms with Gasteiger partial charge in [-0.15, -0.1) is 0 Å². The SMILES string of the molecule is Cc1ccc(C)c(OCc2ccc(N)nc2)c1C. The number of nitrogens with zero attached hydrogens (tertiary/aromatic N) is 1. The first-order valence-corrected chi connectivity index (χ1v) is 5.98. The summed E-state index contributed by atoms with van der Waals surface area (Å²) in [6.07, 6.45) is 1.75. The minimum atomic E-state index is 0.512. The van der Waals surface area contributed by atoms with Gasteiger partial charge in [0.25, 0.3) is 0 Å². The number of aryl methyl sites for hydroxylation is 2. The van der Waals surface area contributed by atoms with Gasteiger partial charge in [0.1, 0.15) is 18.2 Å². The van der Waals surface area contributed by atoms with Crippen molar-refractivity contribution in [3.05, 3.63) is 52.7 Å². The van der Waals surface area contributed by atoms with E-state index in [4.69, 9.17) is 10.5 Å². The third-order valence-electron chi connectivity index (χ3n) is 3.10. The van der Waals surface area contributed by atoms with E-state index in [-0.39, 0.29) is 0 Å².